The zero-order chi connectivity index (χ0) is 16.1. The first-order valence-electron chi connectivity index (χ1n) is 6.72. The summed E-state index contributed by atoms with van der Waals surface area (Å²) in [7, 11) is 0. The number of alkyl halides is 1. The number of rotatable bonds is 5. The van der Waals surface area contributed by atoms with Gasteiger partial charge in [-0.05, 0) is 53.7 Å². The fraction of sp³-hybridized carbons (Fsp3) is 0.0667. The number of nitrogens with zero attached hydrogens (tertiary/aromatic N) is 3. The standard InChI is InChI=1S/C15H12ClN5OS/c16-9-14(22)17-11-3-7-13(8-4-11)23-12-5-1-10(2-6-12)15-18-20-21-19-15/h1-8H,9H2,(H,17,22)(H,18,19,20,21). The third-order valence-corrected chi connectivity index (χ3v) is 4.21. The van der Waals surface area contributed by atoms with Crippen molar-refractivity contribution in [3.63, 3.8) is 0 Å². The summed E-state index contributed by atoms with van der Waals surface area (Å²) in [6.07, 6.45) is 0. The Morgan fingerprint density at radius 2 is 1.74 bits per heavy atom. The number of H-pyrrole nitrogens is 1. The Hall–Kier alpha value is -2.38. The maximum Gasteiger partial charge on any atom is 0.239 e. The Labute approximate surface area is 141 Å². The molecule has 0 radical (unpaired) electrons. The molecule has 2 N–H and O–H groups in total. The van der Waals surface area contributed by atoms with Gasteiger partial charge in [0, 0.05) is 21.0 Å². The average Bonchev–Trinajstić information content (AvgIpc) is 3.12. The van der Waals surface area contributed by atoms with E-state index in [0.29, 0.717) is 5.82 Å². The highest BCUT2D eigenvalue weighted by Gasteiger charge is 2.04. The van der Waals surface area contributed by atoms with Crippen molar-refractivity contribution in [1.82, 2.24) is 20.6 Å². The molecule has 1 amide bonds. The van der Waals surface area contributed by atoms with Gasteiger partial charge in [0.1, 0.15) is 5.88 Å². The molecule has 0 aliphatic rings. The summed E-state index contributed by atoms with van der Waals surface area (Å²) < 4.78 is 0. The van der Waals surface area contributed by atoms with Gasteiger partial charge in [0.25, 0.3) is 0 Å². The van der Waals surface area contributed by atoms with Crippen molar-refractivity contribution in [1.29, 1.82) is 0 Å². The Bertz CT molecular complexity index is 775. The molecular weight excluding hydrogens is 334 g/mol. The molecule has 0 bridgehead atoms. The van der Waals surface area contributed by atoms with E-state index in [1.165, 1.54) is 0 Å². The Kier molecular flexibility index (Phi) is 4.89. The smallest absolute Gasteiger partial charge is 0.239 e. The normalized spacial score (nSPS) is 10.5. The van der Waals surface area contributed by atoms with Crippen molar-refractivity contribution in [3.05, 3.63) is 48.5 Å². The SMILES string of the molecule is O=C(CCl)Nc1ccc(Sc2ccc(-c3nn[nH]n3)cc2)cc1. The summed E-state index contributed by atoms with van der Waals surface area (Å²) in [5.74, 6) is 0.300. The van der Waals surface area contributed by atoms with Crippen LogP contribution in [0.2, 0.25) is 0 Å². The van der Waals surface area contributed by atoms with Gasteiger partial charge in [-0.2, -0.15) is 5.21 Å². The highest BCUT2D eigenvalue weighted by Crippen LogP contribution is 2.29. The molecule has 1 heterocycles. The van der Waals surface area contributed by atoms with Crippen LogP contribution in [0.5, 0.6) is 0 Å². The highest BCUT2D eigenvalue weighted by molar-refractivity contribution is 7.99. The molecule has 0 saturated carbocycles. The van der Waals surface area contributed by atoms with E-state index >= 15 is 0 Å². The first-order valence-corrected chi connectivity index (χ1v) is 8.07. The van der Waals surface area contributed by atoms with Crippen LogP contribution in [0.15, 0.2) is 58.3 Å². The zero-order valence-electron chi connectivity index (χ0n) is 11.9. The molecule has 0 saturated heterocycles. The molecule has 3 aromatic rings. The molecule has 23 heavy (non-hydrogen) atoms. The van der Waals surface area contributed by atoms with E-state index in [1.807, 2.05) is 48.5 Å². The van der Waals surface area contributed by atoms with E-state index in [0.717, 1.165) is 21.0 Å². The molecule has 0 spiro atoms. The van der Waals surface area contributed by atoms with E-state index in [1.54, 1.807) is 11.8 Å². The molecule has 0 atom stereocenters. The molecule has 6 nitrogen and oxygen atoms in total. The number of hydrogen-bond donors (Lipinski definition) is 2. The van der Waals surface area contributed by atoms with E-state index in [-0.39, 0.29) is 11.8 Å². The highest BCUT2D eigenvalue weighted by atomic mass is 35.5. The number of benzene rings is 2. The fourth-order valence-corrected chi connectivity index (χ4v) is 2.78. The third-order valence-electron chi connectivity index (χ3n) is 2.95. The van der Waals surface area contributed by atoms with Crippen LogP contribution in [0.3, 0.4) is 0 Å². The van der Waals surface area contributed by atoms with Crippen LogP contribution < -0.4 is 5.32 Å². The topological polar surface area (TPSA) is 83.6 Å². The number of anilines is 1. The predicted molar refractivity (Wildman–Crippen MR) is 89.5 cm³/mol. The lowest BCUT2D eigenvalue weighted by atomic mass is 10.2. The van der Waals surface area contributed by atoms with Gasteiger partial charge in [-0.15, -0.1) is 21.8 Å². The van der Waals surface area contributed by atoms with Crippen LogP contribution >= 0.6 is 23.4 Å². The number of halogens is 1. The molecule has 1 aromatic heterocycles. The molecular formula is C15H12ClN5OS. The van der Waals surface area contributed by atoms with Gasteiger partial charge >= 0.3 is 0 Å². The number of tetrazole rings is 1. The van der Waals surface area contributed by atoms with Crippen molar-refractivity contribution in [2.24, 2.45) is 0 Å². The predicted octanol–water partition coefficient (Wildman–Crippen LogP) is 3.20. The molecule has 0 fully saturated rings. The number of hydrogen-bond acceptors (Lipinski definition) is 5. The largest absolute Gasteiger partial charge is 0.325 e. The molecule has 0 aliphatic heterocycles. The van der Waals surface area contributed by atoms with Crippen LogP contribution in [0.4, 0.5) is 5.69 Å². The van der Waals surface area contributed by atoms with Gasteiger partial charge in [-0.3, -0.25) is 4.79 Å². The summed E-state index contributed by atoms with van der Waals surface area (Å²) in [5, 5.41) is 16.6. The summed E-state index contributed by atoms with van der Waals surface area (Å²) in [6.45, 7) is 0. The van der Waals surface area contributed by atoms with Gasteiger partial charge in [0.05, 0.1) is 0 Å². The van der Waals surface area contributed by atoms with Crippen LogP contribution in [-0.4, -0.2) is 32.4 Å². The third kappa shape index (κ3) is 4.08. The number of carbonyl (C=O) groups excluding carboxylic acids is 1. The van der Waals surface area contributed by atoms with E-state index in [2.05, 4.69) is 25.9 Å². The van der Waals surface area contributed by atoms with Crippen molar-refractivity contribution in [2.45, 2.75) is 9.79 Å². The second-order valence-corrected chi connectivity index (χ2v) is 5.98. The molecule has 0 unspecified atom stereocenters. The first-order chi connectivity index (χ1) is 11.2. The van der Waals surface area contributed by atoms with Crippen LogP contribution in [0.25, 0.3) is 11.4 Å². The minimum Gasteiger partial charge on any atom is -0.325 e. The summed E-state index contributed by atoms with van der Waals surface area (Å²) in [6, 6.07) is 15.5. The lowest BCUT2D eigenvalue weighted by Crippen LogP contribution is -2.12. The number of amides is 1. The number of nitrogens with one attached hydrogen (secondary N) is 2. The van der Waals surface area contributed by atoms with Gasteiger partial charge in [0.2, 0.25) is 11.7 Å². The molecule has 8 heteroatoms. The second-order valence-electron chi connectivity index (χ2n) is 4.57. The Balaban J connectivity index is 1.66. The maximum atomic E-state index is 11.2. The summed E-state index contributed by atoms with van der Waals surface area (Å²) in [5.41, 5.74) is 1.63. The number of carbonyl (C=O) groups is 1. The summed E-state index contributed by atoms with van der Waals surface area (Å²) in [4.78, 5) is 13.4. The van der Waals surface area contributed by atoms with Crippen LogP contribution in [0, 0.1) is 0 Å². The van der Waals surface area contributed by atoms with Crippen molar-refractivity contribution >= 4 is 35.0 Å². The van der Waals surface area contributed by atoms with Gasteiger partial charge in [-0.1, -0.05) is 11.8 Å². The monoisotopic (exact) mass is 345 g/mol. The van der Waals surface area contributed by atoms with Gasteiger partial charge in [-0.25, -0.2) is 0 Å². The lowest BCUT2D eigenvalue weighted by Gasteiger charge is -2.05. The minimum absolute atomic E-state index is 0.0524. The van der Waals surface area contributed by atoms with E-state index < -0.39 is 0 Å². The van der Waals surface area contributed by atoms with Crippen molar-refractivity contribution in [3.8, 4) is 11.4 Å². The quantitative estimate of drug-likeness (QED) is 0.694. The van der Waals surface area contributed by atoms with Gasteiger partial charge in [0.15, 0.2) is 0 Å². The number of aromatic amines is 1. The average molecular weight is 346 g/mol. The van der Waals surface area contributed by atoms with E-state index in [9.17, 15) is 4.79 Å². The Morgan fingerprint density at radius 1 is 1.09 bits per heavy atom. The van der Waals surface area contributed by atoms with Crippen LogP contribution in [0.1, 0.15) is 0 Å². The van der Waals surface area contributed by atoms with Crippen LogP contribution in [-0.2, 0) is 4.79 Å². The first kappa shape index (κ1) is 15.5. The maximum absolute atomic E-state index is 11.2. The lowest BCUT2D eigenvalue weighted by molar-refractivity contribution is -0.113. The fourth-order valence-electron chi connectivity index (χ4n) is 1.89. The van der Waals surface area contributed by atoms with Gasteiger partial charge < -0.3 is 5.32 Å². The zero-order valence-corrected chi connectivity index (χ0v) is 13.4. The Morgan fingerprint density at radius 3 is 2.30 bits per heavy atom. The second kappa shape index (κ2) is 7.26. The van der Waals surface area contributed by atoms with Crippen molar-refractivity contribution in [2.75, 3.05) is 11.2 Å². The molecule has 0 aliphatic carbocycles. The number of aromatic nitrogens is 4. The minimum atomic E-state index is -0.218. The summed E-state index contributed by atoms with van der Waals surface area (Å²) >= 11 is 7.08. The van der Waals surface area contributed by atoms with E-state index in [4.69, 9.17) is 11.6 Å². The molecule has 3 rings (SSSR count). The van der Waals surface area contributed by atoms with Crippen molar-refractivity contribution < 1.29 is 4.79 Å². The molecule has 2 aromatic carbocycles. The molecule has 116 valence electrons.